The number of halogens is 3. The van der Waals surface area contributed by atoms with Gasteiger partial charge in [0.05, 0.1) is 6.54 Å². The zero-order valence-electron chi connectivity index (χ0n) is 9.51. The lowest BCUT2D eigenvalue weighted by Crippen LogP contribution is -2.53. The molecule has 1 fully saturated rings. The standard InChI is InChI=1S/C9H10F3N3O3S/c10-9(11,12)5-13-7(19-14-5)15-3-1-2-8(18,4-15)6(16)17/h18H,1-4H2,(H,16,17). The number of β-amino-alcohol motifs (C(OH)–C–C–N with tert-alkyl or cyclic N) is 1. The monoisotopic (exact) mass is 297 g/mol. The number of anilines is 1. The van der Waals surface area contributed by atoms with E-state index in [2.05, 4.69) is 9.36 Å². The second-order valence-electron chi connectivity index (χ2n) is 4.26. The van der Waals surface area contributed by atoms with E-state index in [1.54, 1.807) is 0 Å². The third kappa shape index (κ3) is 2.78. The normalized spacial score (nSPS) is 24.5. The van der Waals surface area contributed by atoms with Crippen molar-refractivity contribution in [3.05, 3.63) is 5.82 Å². The molecule has 2 N–H and O–H groups in total. The van der Waals surface area contributed by atoms with Crippen molar-refractivity contribution in [3.8, 4) is 0 Å². The van der Waals surface area contributed by atoms with E-state index in [0.717, 1.165) is 0 Å². The molecule has 0 spiro atoms. The van der Waals surface area contributed by atoms with Crippen molar-refractivity contribution in [2.45, 2.75) is 24.6 Å². The van der Waals surface area contributed by atoms with Gasteiger partial charge in [0, 0.05) is 18.1 Å². The maximum atomic E-state index is 12.4. The van der Waals surface area contributed by atoms with Gasteiger partial charge in [-0.25, -0.2) is 4.79 Å². The van der Waals surface area contributed by atoms with Gasteiger partial charge < -0.3 is 15.1 Å². The molecule has 106 valence electrons. The van der Waals surface area contributed by atoms with E-state index in [9.17, 15) is 23.1 Å². The summed E-state index contributed by atoms with van der Waals surface area (Å²) in [6.07, 6.45) is -4.22. The Balaban J connectivity index is 2.18. The molecule has 2 heterocycles. The van der Waals surface area contributed by atoms with Crippen LogP contribution in [0.25, 0.3) is 0 Å². The van der Waals surface area contributed by atoms with Crippen LogP contribution in [-0.4, -0.2) is 44.2 Å². The molecule has 0 radical (unpaired) electrons. The molecule has 0 bridgehead atoms. The molecule has 2 rings (SSSR count). The highest BCUT2D eigenvalue weighted by molar-refractivity contribution is 7.09. The molecular formula is C9H10F3N3O3S. The Labute approximate surface area is 109 Å². The molecule has 1 aromatic rings. The number of aliphatic hydroxyl groups is 1. The Hall–Kier alpha value is -1.42. The van der Waals surface area contributed by atoms with Crippen molar-refractivity contribution < 1.29 is 28.2 Å². The van der Waals surface area contributed by atoms with Gasteiger partial charge in [0.2, 0.25) is 11.0 Å². The summed E-state index contributed by atoms with van der Waals surface area (Å²) in [5, 5.41) is 18.7. The number of hydrogen-bond donors (Lipinski definition) is 2. The summed E-state index contributed by atoms with van der Waals surface area (Å²) < 4.78 is 40.3. The molecular weight excluding hydrogens is 287 g/mol. The van der Waals surface area contributed by atoms with Crippen LogP contribution < -0.4 is 4.90 Å². The topological polar surface area (TPSA) is 86.5 Å². The molecule has 1 aromatic heterocycles. The first-order chi connectivity index (χ1) is 8.72. The van der Waals surface area contributed by atoms with Crippen molar-refractivity contribution in [2.75, 3.05) is 18.0 Å². The minimum atomic E-state index is -4.63. The van der Waals surface area contributed by atoms with Gasteiger partial charge in [-0.2, -0.15) is 22.5 Å². The third-order valence-electron chi connectivity index (χ3n) is 2.81. The fourth-order valence-electron chi connectivity index (χ4n) is 1.83. The van der Waals surface area contributed by atoms with E-state index in [4.69, 9.17) is 5.11 Å². The Morgan fingerprint density at radius 3 is 2.68 bits per heavy atom. The zero-order chi connectivity index (χ0) is 14.3. The van der Waals surface area contributed by atoms with Gasteiger partial charge in [-0.1, -0.05) is 0 Å². The van der Waals surface area contributed by atoms with Gasteiger partial charge in [-0.3, -0.25) is 0 Å². The minimum Gasteiger partial charge on any atom is -0.479 e. The molecule has 1 saturated heterocycles. The predicted molar refractivity (Wildman–Crippen MR) is 58.9 cm³/mol. The molecule has 6 nitrogen and oxygen atoms in total. The van der Waals surface area contributed by atoms with Gasteiger partial charge >= 0.3 is 12.1 Å². The first-order valence-electron chi connectivity index (χ1n) is 5.34. The van der Waals surface area contributed by atoms with Crippen LogP contribution in [-0.2, 0) is 11.0 Å². The number of aromatic nitrogens is 2. The van der Waals surface area contributed by atoms with Gasteiger partial charge in [0.25, 0.3) is 0 Å². The zero-order valence-corrected chi connectivity index (χ0v) is 10.3. The van der Waals surface area contributed by atoms with Crippen molar-refractivity contribution >= 4 is 22.6 Å². The second kappa shape index (κ2) is 4.60. The van der Waals surface area contributed by atoms with Gasteiger partial charge in [0.15, 0.2) is 5.60 Å². The average molecular weight is 297 g/mol. The lowest BCUT2D eigenvalue weighted by Gasteiger charge is -2.35. The fraction of sp³-hybridized carbons (Fsp3) is 0.667. The Bertz CT molecular complexity index is 493. The van der Waals surface area contributed by atoms with E-state index in [1.165, 1.54) is 4.90 Å². The number of piperidine rings is 1. The average Bonchev–Trinajstić information content (AvgIpc) is 2.77. The van der Waals surface area contributed by atoms with E-state index < -0.39 is 23.6 Å². The van der Waals surface area contributed by atoms with Crippen LogP contribution >= 0.6 is 11.5 Å². The summed E-state index contributed by atoms with van der Waals surface area (Å²) in [6.45, 7) is 0.0386. The molecule has 0 aromatic carbocycles. The molecule has 1 aliphatic rings. The number of carboxylic acids is 1. The summed E-state index contributed by atoms with van der Waals surface area (Å²) in [5.74, 6) is -2.64. The summed E-state index contributed by atoms with van der Waals surface area (Å²) in [5.41, 5.74) is -1.96. The highest BCUT2D eigenvalue weighted by Gasteiger charge is 2.42. The summed E-state index contributed by atoms with van der Waals surface area (Å²) in [4.78, 5) is 15.6. The molecule has 1 aliphatic heterocycles. The van der Waals surface area contributed by atoms with Crippen LogP contribution in [0, 0.1) is 0 Å². The molecule has 0 amide bonds. The summed E-state index contributed by atoms with van der Waals surface area (Å²) in [7, 11) is 0. The maximum Gasteiger partial charge on any atom is 0.452 e. The SMILES string of the molecule is O=C(O)C1(O)CCCN(c2nc(C(F)(F)F)ns2)C1. The van der Waals surface area contributed by atoms with E-state index in [-0.39, 0.29) is 18.1 Å². The Morgan fingerprint density at radius 2 is 2.16 bits per heavy atom. The smallest absolute Gasteiger partial charge is 0.452 e. The van der Waals surface area contributed by atoms with Gasteiger partial charge in [-0.05, 0) is 12.8 Å². The first-order valence-corrected chi connectivity index (χ1v) is 6.11. The molecule has 10 heteroatoms. The first kappa shape index (κ1) is 14.0. The summed E-state index contributed by atoms with van der Waals surface area (Å²) >= 11 is 0.536. The van der Waals surface area contributed by atoms with E-state index in [1.807, 2.05) is 0 Å². The fourth-order valence-corrected chi connectivity index (χ4v) is 2.54. The molecule has 0 aliphatic carbocycles. The van der Waals surface area contributed by atoms with Crippen LogP contribution in [0.4, 0.5) is 18.3 Å². The third-order valence-corrected chi connectivity index (χ3v) is 3.59. The second-order valence-corrected chi connectivity index (χ2v) is 4.99. The van der Waals surface area contributed by atoms with Crippen molar-refractivity contribution in [1.82, 2.24) is 9.36 Å². The number of nitrogens with zero attached hydrogens (tertiary/aromatic N) is 3. The van der Waals surface area contributed by atoms with Crippen LogP contribution in [0.15, 0.2) is 0 Å². The number of rotatable bonds is 2. The van der Waals surface area contributed by atoms with Gasteiger partial charge in [-0.15, -0.1) is 0 Å². The lowest BCUT2D eigenvalue weighted by molar-refractivity contribution is -0.159. The number of alkyl halides is 3. The van der Waals surface area contributed by atoms with E-state index in [0.29, 0.717) is 24.5 Å². The molecule has 1 atom stereocenters. The van der Waals surface area contributed by atoms with E-state index >= 15 is 0 Å². The highest BCUT2D eigenvalue weighted by atomic mass is 32.1. The highest BCUT2D eigenvalue weighted by Crippen LogP contribution is 2.32. The maximum absolute atomic E-state index is 12.4. The largest absolute Gasteiger partial charge is 0.479 e. The Kier molecular flexibility index (Phi) is 3.39. The summed E-state index contributed by atoms with van der Waals surface area (Å²) in [6, 6.07) is 0. The van der Waals surface area contributed by atoms with Crippen molar-refractivity contribution in [2.24, 2.45) is 0 Å². The molecule has 0 saturated carbocycles. The van der Waals surface area contributed by atoms with Gasteiger partial charge in [0.1, 0.15) is 0 Å². The number of aliphatic carboxylic acids is 1. The van der Waals surface area contributed by atoms with Crippen LogP contribution in [0.1, 0.15) is 18.7 Å². The van der Waals surface area contributed by atoms with Crippen molar-refractivity contribution in [1.29, 1.82) is 0 Å². The number of carbonyl (C=O) groups is 1. The quantitative estimate of drug-likeness (QED) is 0.846. The lowest BCUT2D eigenvalue weighted by atomic mass is 9.93. The minimum absolute atomic E-state index is 0.0355. The molecule has 1 unspecified atom stereocenters. The molecule has 19 heavy (non-hydrogen) atoms. The van der Waals surface area contributed by atoms with Crippen molar-refractivity contribution in [3.63, 3.8) is 0 Å². The number of carboxylic acid groups (broad SMARTS) is 1. The number of hydrogen-bond acceptors (Lipinski definition) is 6. The van der Waals surface area contributed by atoms with Crippen LogP contribution in [0.3, 0.4) is 0 Å². The predicted octanol–water partition coefficient (Wildman–Crippen LogP) is 0.973. The Morgan fingerprint density at radius 1 is 1.47 bits per heavy atom. The van der Waals surface area contributed by atoms with Crippen LogP contribution in [0.5, 0.6) is 0 Å². The van der Waals surface area contributed by atoms with Crippen LogP contribution in [0.2, 0.25) is 0 Å².